The second-order valence-corrected chi connectivity index (χ2v) is 6.27. The first-order valence-corrected chi connectivity index (χ1v) is 8.16. The van der Waals surface area contributed by atoms with Crippen molar-refractivity contribution in [1.82, 2.24) is 4.57 Å². The smallest absolute Gasteiger partial charge is 0.150 e. The fraction of sp³-hybridized carbons (Fsp3) is 0.200. The van der Waals surface area contributed by atoms with Gasteiger partial charge < -0.3 is 9.67 Å². The number of rotatable bonds is 1. The fourth-order valence-corrected chi connectivity index (χ4v) is 3.42. The van der Waals surface area contributed by atoms with Gasteiger partial charge in [0.25, 0.3) is 0 Å². The molecule has 0 radical (unpaired) electrons. The summed E-state index contributed by atoms with van der Waals surface area (Å²) in [6.07, 6.45) is 2.56. The van der Waals surface area contributed by atoms with Gasteiger partial charge in [0.1, 0.15) is 17.3 Å². The van der Waals surface area contributed by atoms with Crippen LogP contribution in [0, 0.1) is 24.1 Å². The molecule has 0 unspecified atom stereocenters. The highest BCUT2D eigenvalue weighted by Crippen LogP contribution is 2.39. The lowest BCUT2D eigenvalue weighted by Crippen LogP contribution is -2.02. The molecule has 4 rings (SSSR count). The van der Waals surface area contributed by atoms with E-state index in [-0.39, 0.29) is 11.6 Å². The van der Waals surface area contributed by atoms with Crippen LogP contribution in [0.1, 0.15) is 23.2 Å². The van der Waals surface area contributed by atoms with E-state index >= 15 is 0 Å². The third-order valence-corrected chi connectivity index (χ3v) is 4.65. The number of fused-ring (bicyclic) bond motifs is 3. The molecule has 1 aliphatic rings. The Kier molecular flexibility index (Phi) is 3.54. The average molecular weight is 333 g/mol. The van der Waals surface area contributed by atoms with Crippen molar-refractivity contribution in [2.45, 2.75) is 19.9 Å². The Balaban J connectivity index is 2.11. The van der Waals surface area contributed by atoms with Crippen molar-refractivity contribution < 1.29 is 9.50 Å². The van der Waals surface area contributed by atoms with Crippen molar-refractivity contribution in [3.05, 3.63) is 53.0 Å². The maximum absolute atomic E-state index is 13.7. The van der Waals surface area contributed by atoms with Crippen LogP contribution < -0.4 is 0 Å². The number of nitriles is 1. The van der Waals surface area contributed by atoms with Gasteiger partial charge in [-0.2, -0.15) is 5.26 Å². The van der Waals surface area contributed by atoms with Crippen molar-refractivity contribution >= 4 is 17.1 Å². The molecule has 4 nitrogen and oxygen atoms in total. The highest BCUT2D eigenvalue weighted by atomic mass is 19.1. The van der Waals surface area contributed by atoms with Gasteiger partial charge >= 0.3 is 0 Å². The SMILES string of the molecule is Cc1cc(-c2cc(C#N)cc3c(O)c4n(c23)CCCN=C4)ccc1F. The van der Waals surface area contributed by atoms with Crippen molar-refractivity contribution in [1.29, 1.82) is 5.26 Å². The quantitative estimate of drug-likeness (QED) is 0.727. The first-order valence-electron chi connectivity index (χ1n) is 8.16. The van der Waals surface area contributed by atoms with Crippen molar-refractivity contribution in [2.75, 3.05) is 6.54 Å². The van der Waals surface area contributed by atoms with Crippen LogP contribution in [-0.4, -0.2) is 22.4 Å². The molecule has 2 aromatic carbocycles. The normalized spacial score (nSPS) is 13.5. The molecular formula is C20H16FN3O. The molecule has 0 spiro atoms. The molecule has 5 heteroatoms. The Morgan fingerprint density at radius 3 is 2.88 bits per heavy atom. The number of benzene rings is 2. The molecule has 0 amide bonds. The number of aromatic nitrogens is 1. The number of aromatic hydroxyl groups is 1. The molecule has 1 aromatic heterocycles. The minimum Gasteiger partial charge on any atom is -0.505 e. The third kappa shape index (κ3) is 2.38. The summed E-state index contributed by atoms with van der Waals surface area (Å²) in [5.74, 6) is -0.127. The van der Waals surface area contributed by atoms with Gasteiger partial charge in [-0.3, -0.25) is 4.99 Å². The van der Waals surface area contributed by atoms with E-state index in [4.69, 9.17) is 0 Å². The minimum atomic E-state index is -0.264. The number of hydrogen-bond acceptors (Lipinski definition) is 3. The zero-order valence-electron chi connectivity index (χ0n) is 13.8. The molecule has 0 fully saturated rings. The Bertz CT molecular complexity index is 1070. The van der Waals surface area contributed by atoms with E-state index in [1.807, 2.05) is 4.57 Å². The molecule has 3 aromatic rings. The van der Waals surface area contributed by atoms with Gasteiger partial charge in [0.2, 0.25) is 0 Å². The second kappa shape index (κ2) is 5.75. The standard InChI is InChI=1S/C20H16FN3O/c1-12-7-14(3-4-17(12)21)15-8-13(10-22)9-16-19(15)24-6-2-5-23-11-18(24)20(16)25/h3-4,7-9,11,25H,2,5-6H2,1H3. The molecule has 0 saturated carbocycles. The van der Waals surface area contributed by atoms with E-state index in [9.17, 15) is 14.8 Å². The maximum Gasteiger partial charge on any atom is 0.150 e. The molecule has 1 N–H and O–H groups in total. The minimum absolute atomic E-state index is 0.137. The Hall–Kier alpha value is -3.13. The lowest BCUT2D eigenvalue weighted by atomic mass is 9.98. The summed E-state index contributed by atoms with van der Waals surface area (Å²) in [7, 11) is 0. The van der Waals surface area contributed by atoms with Crippen molar-refractivity contribution in [3.63, 3.8) is 0 Å². The number of hydrogen-bond donors (Lipinski definition) is 1. The van der Waals surface area contributed by atoms with Crippen molar-refractivity contribution in [2.24, 2.45) is 4.99 Å². The number of aryl methyl sites for hydroxylation is 2. The van der Waals surface area contributed by atoms with Gasteiger partial charge in [-0.05, 0) is 48.7 Å². The van der Waals surface area contributed by atoms with E-state index < -0.39 is 0 Å². The summed E-state index contributed by atoms with van der Waals surface area (Å²) in [5, 5.41) is 20.7. The maximum atomic E-state index is 13.7. The summed E-state index contributed by atoms with van der Waals surface area (Å²) in [6, 6.07) is 10.5. The van der Waals surface area contributed by atoms with Gasteiger partial charge in [0, 0.05) is 30.3 Å². The van der Waals surface area contributed by atoms with Crippen molar-refractivity contribution in [3.8, 4) is 22.9 Å². The Labute approximate surface area is 144 Å². The summed E-state index contributed by atoms with van der Waals surface area (Å²) < 4.78 is 15.7. The van der Waals surface area contributed by atoms with Crippen LogP contribution in [-0.2, 0) is 6.54 Å². The third-order valence-electron chi connectivity index (χ3n) is 4.65. The van der Waals surface area contributed by atoms with E-state index in [1.54, 1.807) is 37.4 Å². The van der Waals surface area contributed by atoms with Gasteiger partial charge in [0.05, 0.1) is 17.1 Å². The summed E-state index contributed by atoms with van der Waals surface area (Å²) in [4.78, 5) is 4.32. The van der Waals surface area contributed by atoms with Gasteiger partial charge in [-0.25, -0.2) is 4.39 Å². The molecule has 124 valence electrons. The highest BCUT2D eigenvalue weighted by molar-refractivity contribution is 6.04. The predicted molar refractivity (Wildman–Crippen MR) is 95.5 cm³/mol. The molecule has 2 heterocycles. The van der Waals surface area contributed by atoms with Crippen LogP contribution in [0.25, 0.3) is 22.0 Å². The lowest BCUT2D eigenvalue weighted by Gasteiger charge is -2.11. The molecule has 0 bridgehead atoms. The summed E-state index contributed by atoms with van der Waals surface area (Å²) >= 11 is 0. The van der Waals surface area contributed by atoms with Crippen LogP contribution in [0.5, 0.6) is 5.75 Å². The van der Waals surface area contributed by atoms with Crippen LogP contribution >= 0.6 is 0 Å². The fourth-order valence-electron chi connectivity index (χ4n) is 3.42. The van der Waals surface area contributed by atoms with E-state index in [0.717, 1.165) is 29.6 Å². The summed E-state index contributed by atoms with van der Waals surface area (Å²) in [5.41, 5.74) is 4.14. The molecule has 0 atom stereocenters. The predicted octanol–water partition coefficient (Wildman–Crippen LogP) is 4.16. The van der Waals surface area contributed by atoms with E-state index in [0.29, 0.717) is 28.8 Å². The number of aliphatic imine (C=N–C) groups is 1. The molecule has 1 aliphatic heterocycles. The van der Waals surface area contributed by atoms with Gasteiger partial charge in [-0.15, -0.1) is 0 Å². The second-order valence-electron chi connectivity index (χ2n) is 6.27. The highest BCUT2D eigenvalue weighted by Gasteiger charge is 2.21. The first-order chi connectivity index (χ1) is 12.1. The molecule has 25 heavy (non-hydrogen) atoms. The molecule has 0 saturated heterocycles. The zero-order valence-corrected chi connectivity index (χ0v) is 13.8. The van der Waals surface area contributed by atoms with Gasteiger partial charge in [-0.1, -0.05) is 6.07 Å². The largest absolute Gasteiger partial charge is 0.505 e. The molecular weight excluding hydrogens is 317 g/mol. The van der Waals surface area contributed by atoms with Crippen LogP contribution in [0.15, 0.2) is 35.3 Å². The number of nitrogens with zero attached hydrogens (tertiary/aromatic N) is 3. The van der Waals surface area contributed by atoms with Crippen LogP contribution in [0.4, 0.5) is 4.39 Å². The Morgan fingerprint density at radius 1 is 1.28 bits per heavy atom. The monoisotopic (exact) mass is 333 g/mol. The number of halogens is 1. The summed E-state index contributed by atoms with van der Waals surface area (Å²) in [6.45, 7) is 3.16. The van der Waals surface area contributed by atoms with Gasteiger partial charge in [0.15, 0.2) is 0 Å². The van der Waals surface area contributed by atoms with Crippen LogP contribution in [0.3, 0.4) is 0 Å². The Morgan fingerprint density at radius 2 is 2.12 bits per heavy atom. The topological polar surface area (TPSA) is 61.3 Å². The average Bonchev–Trinajstić information content (AvgIpc) is 2.79. The molecule has 0 aliphatic carbocycles. The lowest BCUT2D eigenvalue weighted by molar-refractivity contribution is 0.477. The zero-order chi connectivity index (χ0) is 17.6. The van der Waals surface area contributed by atoms with E-state index in [2.05, 4.69) is 11.1 Å². The van der Waals surface area contributed by atoms with E-state index in [1.165, 1.54) is 6.07 Å². The van der Waals surface area contributed by atoms with Crippen LogP contribution in [0.2, 0.25) is 0 Å². The first kappa shape index (κ1) is 15.4.